The minimum atomic E-state index is -1.33. The van der Waals surface area contributed by atoms with Gasteiger partial charge < -0.3 is 37.2 Å². The molecule has 0 aromatic rings. The maximum absolute atomic E-state index is 12.8. The van der Waals surface area contributed by atoms with Crippen molar-refractivity contribution in [1.29, 1.82) is 0 Å². The van der Waals surface area contributed by atoms with Gasteiger partial charge >= 0.3 is 5.97 Å². The van der Waals surface area contributed by atoms with Gasteiger partial charge in [-0.1, -0.05) is 13.8 Å². The van der Waals surface area contributed by atoms with E-state index >= 15 is 0 Å². The first-order valence-electron chi connectivity index (χ1n) is 10.9. The highest BCUT2D eigenvalue weighted by Gasteiger charge is 2.31. The minimum absolute atomic E-state index is 0.0907. The van der Waals surface area contributed by atoms with Crippen LogP contribution in [0.15, 0.2) is 0 Å². The van der Waals surface area contributed by atoms with Gasteiger partial charge in [0.15, 0.2) is 0 Å². The van der Waals surface area contributed by atoms with Crippen LogP contribution < -0.4 is 27.0 Å². The summed E-state index contributed by atoms with van der Waals surface area (Å²) < 4.78 is 0. The molecule has 0 saturated carbocycles. The molecule has 31 heavy (non-hydrogen) atoms. The van der Waals surface area contributed by atoms with Crippen molar-refractivity contribution in [2.24, 2.45) is 11.7 Å². The van der Waals surface area contributed by atoms with Crippen LogP contribution in [0.4, 0.5) is 0 Å². The maximum Gasteiger partial charge on any atom is 0.326 e. The number of nitrogens with two attached hydrogens (primary N) is 1. The number of carboxylic acids is 1. The number of rotatable bonds is 14. The summed E-state index contributed by atoms with van der Waals surface area (Å²) in [6.45, 7) is 4.24. The summed E-state index contributed by atoms with van der Waals surface area (Å²) in [5.41, 5.74) is 5.40. The first-order chi connectivity index (χ1) is 14.7. The number of amides is 3. The zero-order valence-electron chi connectivity index (χ0n) is 18.4. The van der Waals surface area contributed by atoms with E-state index in [0.29, 0.717) is 32.2 Å². The van der Waals surface area contributed by atoms with Crippen molar-refractivity contribution in [3.05, 3.63) is 0 Å². The highest BCUT2D eigenvalue weighted by Crippen LogP contribution is 2.09. The SMILES string of the molecule is CC(C)C[C@H](NC(=O)[C@@H]1CCCN1)C(=O)N[C@@H](CO)C(=O)N[C@@H](CCCCN)C(=O)O. The van der Waals surface area contributed by atoms with Crippen LogP contribution in [0.25, 0.3) is 0 Å². The maximum atomic E-state index is 12.8. The minimum Gasteiger partial charge on any atom is -0.480 e. The van der Waals surface area contributed by atoms with E-state index in [9.17, 15) is 29.4 Å². The van der Waals surface area contributed by atoms with E-state index in [4.69, 9.17) is 5.73 Å². The molecule has 0 unspecified atom stereocenters. The number of hydrogen-bond acceptors (Lipinski definition) is 7. The number of aliphatic carboxylic acids is 1. The third-order valence-electron chi connectivity index (χ3n) is 5.09. The van der Waals surface area contributed by atoms with Crippen LogP contribution in [0.1, 0.15) is 52.4 Å². The molecule has 0 radical (unpaired) electrons. The van der Waals surface area contributed by atoms with E-state index in [1.165, 1.54) is 0 Å². The number of aliphatic hydroxyl groups excluding tert-OH is 1. The Morgan fingerprint density at radius 2 is 1.68 bits per heavy atom. The molecule has 1 aliphatic rings. The molecule has 0 aromatic carbocycles. The van der Waals surface area contributed by atoms with Crippen molar-refractivity contribution < 1.29 is 29.4 Å². The first kappa shape index (κ1) is 26.8. The lowest BCUT2D eigenvalue weighted by Crippen LogP contribution is -2.58. The van der Waals surface area contributed by atoms with Gasteiger partial charge in [0.1, 0.15) is 18.1 Å². The quantitative estimate of drug-likeness (QED) is 0.157. The van der Waals surface area contributed by atoms with E-state index in [2.05, 4.69) is 21.3 Å². The molecule has 1 saturated heterocycles. The number of nitrogens with one attached hydrogen (secondary N) is 4. The normalized spacial score (nSPS) is 18.8. The molecule has 11 nitrogen and oxygen atoms in total. The van der Waals surface area contributed by atoms with Crippen LogP contribution in [0.5, 0.6) is 0 Å². The van der Waals surface area contributed by atoms with E-state index in [1.807, 2.05) is 13.8 Å². The summed E-state index contributed by atoms with van der Waals surface area (Å²) in [4.78, 5) is 49.0. The molecule has 1 fully saturated rings. The van der Waals surface area contributed by atoms with Gasteiger partial charge in [0.05, 0.1) is 12.6 Å². The van der Waals surface area contributed by atoms with E-state index in [1.54, 1.807) is 0 Å². The average Bonchev–Trinajstić information content (AvgIpc) is 3.25. The van der Waals surface area contributed by atoms with Gasteiger partial charge in [0, 0.05) is 0 Å². The van der Waals surface area contributed by atoms with Gasteiger partial charge in [0.2, 0.25) is 17.7 Å². The average molecular weight is 444 g/mol. The number of carboxylic acid groups (broad SMARTS) is 1. The Bertz CT molecular complexity index is 609. The van der Waals surface area contributed by atoms with E-state index < -0.39 is 42.5 Å². The highest BCUT2D eigenvalue weighted by molar-refractivity contribution is 5.94. The Kier molecular flexibility index (Phi) is 12.1. The molecule has 0 bridgehead atoms. The summed E-state index contributed by atoms with van der Waals surface area (Å²) >= 11 is 0. The highest BCUT2D eigenvalue weighted by atomic mass is 16.4. The van der Waals surface area contributed by atoms with Gasteiger partial charge in [-0.3, -0.25) is 14.4 Å². The molecule has 0 aromatic heterocycles. The van der Waals surface area contributed by atoms with Crippen molar-refractivity contribution in [1.82, 2.24) is 21.3 Å². The lowest BCUT2D eigenvalue weighted by atomic mass is 10.0. The molecule has 1 aliphatic heterocycles. The summed E-state index contributed by atoms with van der Waals surface area (Å²) in [6, 6.07) is -3.72. The van der Waals surface area contributed by atoms with Gasteiger partial charge in [-0.25, -0.2) is 4.79 Å². The monoisotopic (exact) mass is 443 g/mol. The fraction of sp³-hybridized carbons (Fsp3) is 0.800. The Morgan fingerprint density at radius 3 is 2.19 bits per heavy atom. The molecule has 11 heteroatoms. The standard InChI is InChI=1S/C20H37N5O6/c1-12(2)10-15(24-17(27)13-7-5-9-22-13)18(28)25-16(11-26)19(29)23-14(20(30)31)6-3-4-8-21/h12-16,22,26H,3-11,21H2,1-2H3,(H,23,29)(H,24,27)(H,25,28)(H,30,31)/t13-,14-,15-,16-/m0/s1. The van der Waals surface area contributed by atoms with Crippen LogP contribution in [-0.2, 0) is 19.2 Å². The molecule has 4 atom stereocenters. The lowest BCUT2D eigenvalue weighted by molar-refractivity contribution is -0.142. The second-order valence-electron chi connectivity index (χ2n) is 8.27. The summed E-state index contributed by atoms with van der Waals surface area (Å²) in [5, 5.41) is 29.5. The largest absolute Gasteiger partial charge is 0.480 e. The molecular formula is C20H37N5O6. The Labute approximate surface area is 182 Å². The zero-order valence-corrected chi connectivity index (χ0v) is 18.4. The Morgan fingerprint density at radius 1 is 1.03 bits per heavy atom. The third-order valence-corrected chi connectivity index (χ3v) is 5.09. The third kappa shape index (κ3) is 9.62. The van der Waals surface area contributed by atoms with Gasteiger partial charge in [-0.15, -0.1) is 0 Å². The van der Waals surface area contributed by atoms with E-state index in [-0.39, 0.29) is 24.3 Å². The van der Waals surface area contributed by atoms with Crippen LogP contribution >= 0.6 is 0 Å². The number of hydrogen-bond donors (Lipinski definition) is 7. The topological polar surface area (TPSA) is 183 Å². The molecule has 8 N–H and O–H groups in total. The molecule has 0 spiro atoms. The lowest BCUT2D eigenvalue weighted by Gasteiger charge is -2.25. The van der Waals surface area contributed by atoms with E-state index in [0.717, 1.165) is 13.0 Å². The second-order valence-corrected chi connectivity index (χ2v) is 8.27. The summed E-state index contributed by atoms with van der Waals surface area (Å²) in [5.74, 6) is -2.81. The second kappa shape index (κ2) is 13.9. The zero-order chi connectivity index (χ0) is 23.4. The van der Waals surface area contributed by atoms with Crippen LogP contribution in [0.3, 0.4) is 0 Å². The molecule has 178 valence electrons. The van der Waals surface area contributed by atoms with Crippen molar-refractivity contribution in [2.45, 2.75) is 76.5 Å². The summed E-state index contributed by atoms with van der Waals surface area (Å²) in [6.07, 6.45) is 3.23. The van der Waals surface area contributed by atoms with Gasteiger partial charge in [-0.05, 0) is 57.5 Å². The van der Waals surface area contributed by atoms with Crippen molar-refractivity contribution >= 4 is 23.7 Å². The van der Waals surface area contributed by atoms with Gasteiger partial charge in [-0.2, -0.15) is 0 Å². The van der Waals surface area contributed by atoms with Crippen LogP contribution in [0, 0.1) is 5.92 Å². The Hall–Kier alpha value is -2.24. The Balaban J connectivity index is 2.74. The first-order valence-corrected chi connectivity index (χ1v) is 10.9. The molecule has 1 heterocycles. The number of carbonyl (C=O) groups is 4. The smallest absolute Gasteiger partial charge is 0.326 e. The fourth-order valence-corrected chi connectivity index (χ4v) is 3.37. The number of aliphatic hydroxyl groups is 1. The van der Waals surface area contributed by atoms with Crippen molar-refractivity contribution in [3.63, 3.8) is 0 Å². The van der Waals surface area contributed by atoms with Crippen LogP contribution in [-0.4, -0.2) is 77.8 Å². The summed E-state index contributed by atoms with van der Waals surface area (Å²) in [7, 11) is 0. The molecular weight excluding hydrogens is 406 g/mol. The van der Waals surface area contributed by atoms with Crippen molar-refractivity contribution in [2.75, 3.05) is 19.7 Å². The predicted molar refractivity (Wildman–Crippen MR) is 114 cm³/mol. The molecule has 0 aliphatic carbocycles. The van der Waals surface area contributed by atoms with Gasteiger partial charge in [0.25, 0.3) is 0 Å². The van der Waals surface area contributed by atoms with Crippen LogP contribution in [0.2, 0.25) is 0 Å². The fourth-order valence-electron chi connectivity index (χ4n) is 3.37. The molecule has 1 rings (SSSR count). The molecule has 3 amide bonds. The predicted octanol–water partition coefficient (Wildman–Crippen LogP) is -1.56. The number of unbranched alkanes of at least 4 members (excludes halogenated alkanes) is 1. The number of carbonyl (C=O) groups excluding carboxylic acids is 3. The van der Waals surface area contributed by atoms with Crippen molar-refractivity contribution in [3.8, 4) is 0 Å².